The number of nitro groups is 1. The van der Waals surface area contributed by atoms with Gasteiger partial charge < -0.3 is 10.4 Å². The van der Waals surface area contributed by atoms with Crippen LogP contribution in [0.1, 0.15) is 33.1 Å². The van der Waals surface area contributed by atoms with Gasteiger partial charge in [-0.2, -0.15) is 0 Å². The molecule has 1 aromatic rings. The number of rotatable bonds is 8. The second kappa shape index (κ2) is 7.83. The van der Waals surface area contributed by atoms with Crippen LogP contribution in [-0.2, 0) is 4.79 Å². The zero-order chi connectivity index (χ0) is 16.0. The molecule has 2 unspecified atom stereocenters. The lowest BCUT2D eigenvalue weighted by molar-refractivity contribution is -0.384. The lowest BCUT2D eigenvalue weighted by Crippen LogP contribution is -2.17. The van der Waals surface area contributed by atoms with Crippen molar-refractivity contribution in [2.45, 2.75) is 39.2 Å². The summed E-state index contributed by atoms with van der Waals surface area (Å²) < 4.78 is 0. The molecule has 21 heavy (non-hydrogen) atoms. The molecule has 0 saturated carbocycles. The molecule has 7 heteroatoms. The maximum absolute atomic E-state index is 11.0. The summed E-state index contributed by atoms with van der Waals surface area (Å²) >= 11 is 5.76. The number of carbonyl (C=O) groups is 1. The van der Waals surface area contributed by atoms with Crippen molar-refractivity contribution in [2.75, 3.05) is 5.32 Å². The molecule has 0 aromatic heterocycles. The van der Waals surface area contributed by atoms with Crippen LogP contribution >= 0.6 is 11.6 Å². The molecular weight excluding hydrogens is 296 g/mol. The van der Waals surface area contributed by atoms with Gasteiger partial charge in [0.05, 0.1) is 10.8 Å². The molecule has 1 rings (SSSR count). The first-order chi connectivity index (χ1) is 9.81. The molecule has 0 amide bonds. The third-order valence-corrected chi connectivity index (χ3v) is 3.49. The summed E-state index contributed by atoms with van der Waals surface area (Å²) in [7, 11) is 0. The van der Waals surface area contributed by atoms with E-state index in [1.54, 1.807) is 19.1 Å². The maximum atomic E-state index is 11.0. The maximum Gasteiger partial charge on any atom is 0.306 e. The van der Waals surface area contributed by atoms with Gasteiger partial charge in [0.1, 0.15) is 5.69 Å². The third-order valence-electron chi connectivity index (χ3n) is 3.25. The smallest absolute Gasteiger partial charge is 0.306 e. The topological polar surface area (TPSA) is 92.5 Å². The zero-order valence-electron chi connectivity index (χ0n) is 12.0. The van der Waals surface area contributed by atoms with Gasteiger partial charge in [-0.3, -0.25) is 14.9 Å². The van der Waals surface area contributed by atoms with Crippen LogP contribution in [0.2, 0.25) is 5.02 Å². The van der Waals surface area contributed by atoms with Gasteiger partial charge in [-0.1, -0.05) is 24.9 Å². The van der Waals surface area contributed by atoms with Crippen LogP contribution in [0.5, 0.6) is 0 Å². The van der Waals surface area contributed by atoms with Crippen molar-refractivity contribution in [3.63, 3.8) is 0 Å². The standard InChI is InChI=1S/C14H19ClN2O4/c1-9(14(18)19)4-3-5-10(2)16-12-7-6-11(15)8-13(12)17(20)21/h6-10,16H,3-5H2,1-2H3,(H,18,19). The Bertz CT molecular complexity index is 522. The Morgan fingerprint density at radius 1 is 1.43 bits per heavy atom. The number of hydrogen-bond acceptors (Lipinski definition) is 4. The van der Waals surface area contributed by atoms with Gasteiger partial charge in [0.2, 0.25) is 0 Å². The molecule has 2 N–H and O–H groups in total. The Morgan fingerprint density at radius 3 is 2.67 bits per heavy atom. The number of benzene rings is 1. The van der Waals surface area contributed by atoms with Crippen molar-refractivity contribution in [2.24, 2.45) is 5.92 Å². The first kappa shape index (κ1) is 17.2. The minimum absolute atomic E-state index is 0.00544. The molecule has 0 saturated heterocycles. The average molecular weight is 315 g/mol. The van der Waals surface area contributed by atoms with Crippen molar-refractivity contribution >= 4 is 28.9 Å². The first-order valence-corrected chi connectivity index (χ1v) is 7.12. The quantitative estimate of drug-likeness (QED) is 0.560. The van der Waals surface area contributed by atoms with Crippen LogP contribution in [0, 0.1) is 16.0 Å². The van der Waals surface area contributed by atoms with Gasteiger partial charge in [-0.15, -0.1) is 0 Å². The second-order valence-corrected chi connectivity index (χ2v) is 5.57. The van der Waals surface area contributed by atoms with Crippen LogP contribution in [-0.4, -0.2) is 22.0 Å². The number of nitrogens with one attached hydrogen (secondary N) is 1. The molecule has 116 valence electrons. The Hall–Kier alpha value is -1.82. The van der Waals surface area contributed by atoms with E-state index in [0.29, 0.717) is 17.1 Å². The van der Waals surface area contributed by atoms with Crippen LogP contribution in [0.3, 0.4) is 0 Å². The molecule has 0 radical (unpaired) electrons. The van der Waals surface area contributed by atoms with E-state index >= 15 is 0 Å². The van der Waals surface area contributed by atoms with Gasteiger partial charge in [0, 0.05) is 17.1 Å². The molecule has 0 bridgehead atoms. The fraction of sp³-hybridized carbons (Fsp3) is 0.500. The molecule has 0 heterocycles. The highest BCUT2D eigenvalue weighted by atomic mass is 35.5. The molecule has 0 aliphatic rings. The number of carboxylic acids is 1. The molecule has 0 aliphatic heterocycles. The summed E-state index contributed by atoms with van der Waals surface area (Å²) in [6, 6.07) is 4.49. The molecule has 1 aromatic carbocycles. The molecule has 2 atom stereocenters. The van der Waals surface area contributed by atoms with Gasteiger partial charge in [-0.25, -0.2) is 0 Å². The number of nitro benzene ring substituents is 1. The number of nitrogens with zero attached hydrogens (tertiary/aromatic N) is 1. The minimum atomic E-state index is -0.802. The normalized spacial score (nSPS) is 13.5. The fourth-order valence-corrected chi connectivity index (χ4v) is 2.14. The van der Waals surface area contributed by atoms with E-state index in [9.17, 15) is 14.9 Å². The Morgan fingerprint density at radius 2 is 2.10 bits per heavy atom. The van der Waals surface area contributed by atoms with E-state index < -0.39 is 10.9 Å². The summed E-state index contributed by atoms with van der Waals surface area (Å²) in [4.78, 5) is 21.2. The molecule has 0 aliphatic carbocycles. The van der Waals surface area contributed by atoms with Gasteiger partial charge in [0.15, 0.2) is 0 Å². The van der Waals surface area contributed by atoms with E-state index in [4.69, 9.17) is 16.7 Å². The average Bonchev–Trinajstić information content (AvgIpc) is 2.40. The van der Waals surface area contributed by atoms with Gasteiger partial charge >= 0.3 is 5.97 Å². The van der Waals surface area contributed by atoms with Gasteiger partial charge in [0.25, 0.3) is 5.69 Å². The van der Waals surface area contributed by atoms with E-state index in [2.05, 4.69) is 5.32 Å². The molecule has 0 spiro atoms. The first-order valence-electron chi connectivity index (χ1n) is 6.74. The summed E-state index contributed by atoms with van der Waals surface area (Å²) in [5.41, 5.74) is 0.358. The number of anilines is 1. The summed E-state index contributed by atoms with van der Waals surface area (Å²) in [5, 5.41) is 23.2. The summed E-state index contributed by atoms with van der Waals surface area (Å²) in [6.07, 6.45) is 2.06. The number of aliphatic carboxylic acids is 1. The zero-order valence-corrected chi connectivity index (χ0v) is 12.8. The number of halogens is 1. The highest BCUT2D eigenvalue weighted by Gasteiger charge is 2.16. The van der Waals surface area contributed by atoms with E-state index in [1.807, 2.05) is 6.92 Å². The monoisotopic (exact) mass is 314 g/mol. The Kier molecular flexibility index (Phi) is 6.42. The summed E-state index contributed by atoms with van der Waals surface area (Å²) in [6.45, 7) is 3.58. The third kappa shape index (κ3) is 5.59. The van der Waals surface area contributed by atoms with Crippen LogP contribution in [0.4, 0.5) is 11.4 Å². The molecule has 0 fully saturated rings. The van der Waals surface area contributed by atoms with Crippen molar-refractivity contribution in [1.29, 1.82) is 0 Å². The highest BCUT2D eigenvalue weighted by Crippen LogP contribution is 2.28. The van der Waals surface area contributed by atoms with Crippen molar-refractivity contribution < 1.29 is 14.8 Å². The van der Waals surface area contributed by atoms with Gasteiger partial charge in [-0.05, 0) is 31.9 Å². The SMILES string of the molecule is CC(CCCC(C)C(=O)O)Nc1ccc(Cl)cc1[N+](=O)[O-]. The lowest BCUT2D eigenvalue weighted by atomic mass is 10.0. The second-order valence-electron chi connectivity index (χ2n) is 5.13. The van der Waals surface area contributed by atoms with Crippen LogP contribution in [0.25, 0.3) is 0 Å². The largest absolute Gasteiger partial charge is 0.481 e. The Balaban J connectivity index is 2.57. The van der Waals surface area contributed by atoms with Crippen LogP contribution in [0.15, 0.2) is 18.2 Å². The Labute approximate surface area is 128 Å². The number of carboxylic acid groups (broad SMARTS) is 1. The van der Waals surface area contributed by atoms with E-state index in [-0.39, 0.29) is 17.6 Å². The van der Waals surface area contributed by atoms with E-state index in [0.717, 1.165) is 12.8 Å². The molecule has 6 nitrogen and oxygen atoms in total. The predicted molar refractivity (Wildman–Crippen MR) is 81.8 cm³/mol. The lowest BCUT2D eigenvalue weighted by Gasteiger charge is -2.16. The fourth-order valence-electron chi connectivity index (χ4n) is 1.97. The van der Waals surface area contributed by atoms with Crippen molar-refractivity contribution in [3.05, 3.63) is 33.3 Å². The minimum Gasteiger partial charge on any atom is -0.481 e. The van der Waals surface area contributed by atoms with E-state index in [1.165, 1.54) is 6.07 Å². The highest BCUT2D eigenvalue weighted by molar-refractivity contribution is 6.30. The predicted octanol–water partition coefficient (Wildman–Crippen LogP) is 3.94. The van der Waals surface area contributed by atoms with Crippen LogP contribution < -0.4 is 5.32 Å². The van der Waals surface area contributed by atoms with Crippen molar-refractivity contribution in [3.8, 4) is 0 Å². The molecular formula is C14H19ClN2O4. The number of hydrogen-bond donors (Lipinski definition) is 2. The van der Waals surface area contributed by atoms with Crippen molar-refractivity contribution in [1.82, 2.24) is 0 Å². The summed E-state index contributed by atoms with van der Waals surface area (Å²) in [5.74, 6) is -1.17.